The summed E-state index contributed by atoms with van der Waals surface area (Å²) in [6.45, 7) is 8.98. The van der Waals surface area contributed by atoms with Crippen LogP contribution in [0.5, 0.6) is 5.75 Å². The Kier molecular flexibility index (Phi) is 5.65. The zero-order valence-electron chi connectivity index (χ0n) is 13.6. The highest BCUT2D eigenvalue weighted by Gasteiger charge is 2.44. The van der Waals surface area contributed by atoms with E-state index in [2.05, 4.69) is 18.7 Å². The molecule has 1 saturated carbocycles. The molecule has 0 spiro atoms. The van der Waals surface area contributed by atoms with Gasteiger partial charge in [0.05, 0.1) is 18.2 Å². The molecule has 21 heavy (non-hydrogen) atoms. The molecule has 118 valence electrons. The first-order valence-electron chi connectivity index (χ1n) is 8.33. The van der Waals surface area contributed by atoms with E-state index < -0.39 is 6.10 Å². The van der Waals surface area contributed by atoms with Crippen LogP contribution in [-0.4, -0.2) is 35.2 Å². The molecule has 3 heteroatoms. The fraction of sp³-hybridized carbons (Fsp3) is 0.667. The molecule has 0 radical (unpaired) electrons. The van der Waals surface area contributed by atoms with Gasteiger partial charge in [-0.15, -0.1) is 0 Å². The fourth-order valence-electron chi connectivity index (χ4n) is 3.85. The summed E-state index contributed by atoms with van der Waals surface area (Å²) >= 11 is 0. The van der Waals surface area contributed by atoms with Crippen LogP contribution in [0.1, 0.15) is 58.1 Å². The molecule has 1 atom stereocenters. The van der Waals surface area contributed by atoms with Crippen LogP contribution in [0.3, 0.4) is 0 Å². The summed E-state index contributed by atoms with van der Waals surface area (Å²) in [5.74, 6) is 0.849. The maximum atomic E-state index is 11.1. The molecule has 1 N–H and O–H groups in total. The molecule has 1 aromatic carbocycles. The quantitative estimate of drug-likeness (QED) is 0.830. The molecule has 0 amide bonds. The third-order valence-electron chi connectivity index (χ3n) is 4.86. The Hall–Kier alpha value is -1.06. The topological polar surface area (TPSA) is 32.7 Å². The molecule has 1 aliphatic rings. The molecular weight excluding hydrogens is 262 g/mol. The maximum absolute atomic E-state index is 11.1. The maximum Gasteiger partial charge on any atom is 0.119 e. The van der Waals surface area contributed by atoms with E-state index in [4.69, 9.17) is 4.74 Å². The Morgan fingerprint density at radius 1 is 1.19 bits per heavy atom. The molecule has 3 nitrogen and oxygen atoms in total. The van der Waals surface area contributed by atoms with Crippen LogP contribution >= 0.6 is 0 Å². The average Bonchev–Trinajstić information content (AvgIpc) is 2.99. The van der Waals surface area contributed by atoms with Crippen LogP contribution in [0.2, 0.25) is 0 Å². The van der Waals surface area contributed by atoms with Crippen LogP contribution in [0, 0.1) is 0 Å². The van der Waals surface area contributed by atoms with E-state index in [0.29, 0.717) is 6.61 Å². The minimum absolute atomic E-state index is 0.103. The number of ether oxygens (including phenoxy) is 1. The first kappa shape index (κ1) is 16.3. The van der Waals surface area contributed by atoms with E-state index in [1.807, 2.05) is 31.2 Å². The van der Waals surface area contributed by atoms with Gasteiger partial charge in [0.15, 0.2) is 0 Å². The number of aliphatic hydroxyl groups is 1. The number of aliphatic hydroxyl groups excluding tert-OH is 1. The van der Waals surface area contributed by atoms with Gasteiger partial charge in [0, 0.05) is 0 Å². The molecule has 0 aliphatic heterocycles. The number of benzene rings is 1. The summed E-state index contributed by atoms with van der Waals surface area (Å²) < 4.78 is 5.58. The summed E-state index contributed by atoms with van der Waals surface area (Å²) in [6, 6.07) is 7.96. The van der Waals surface area contributed by atoms with Crippen LogP contribution in [0.4, 0.5) is 0 Å². The summed E-state index contributed by atoms with van der Waals surface area (Å²) in [6.07, 6.45) is 4.13. The molecule has 0 heterocycles. The first-order valence-corrected chi connectivity index (χ1v) is 8.33. The van der Waals surface area contributed by atoms with Crippen molar-refractivity contribution in [3.05, 3.63) is 29.8 Å². The third-order valence-corrected chi connectivity index (χ3v) is 4.86. The Balaban J connectivity index is 2.30. The van der Waals surface area contributed by atoms with Gasteiger partial charge >= 0.3 is 0 Å². The molecule has 2 rings (SSSR count). The molecule has 0 bridgehead atoms. The van der Waals surface area contributed by atoms with E-state index in [1.54, 1.807) is 0 Å². The van der Waals surface area contributed by atoms with Crippen LogP contribution in [0.15, 0.2) is 24.3 Å². The Labute approximate surface area is 128 Å². The van der Waals surface area contributed by atoms with Crippen molar-refractivity contribution in [1.82, 2.24) is 4.90 Å². The number of likely N-dealkylation sites (N-methyl/N-ethyl adjacent to an activating group) is 1. The minimum atomic E-state index is -0.444. The van der Waals surface area contributed by atoms with Crippen LogP contribution < -0.4 is 4.74 Å². The second kappa shape index (κ2) is 7.28. The van der Waals surface area contributed by atoms with Crippen molar-refractivity contribution in [2.24, 2.45) is 0 Å². The lowest BCUT2D eigenvalue weighted by Crippen LogP contribution is -2.51. The normalized spacial score (nSPS) is 18.9. The highest BCUT2D eigenvalue weighted by atomic mass is 16.5. The predicted molar refractivity (Wildman–Crippen MR) is 86.7 cm³/mol. The summed E-state index contributed by atoms with van der Waals surface area (Å²) in [7, 11) is 0. The average molecular weight is 291 g/mol. The summed E-state index contributed by atoms with van der Waals surface area (Å²) in [4.78, 5) is 2.44. The van der Waals surface area contributed by atoms with Gasteiger partial charge in [0.25, 0.3) is 0 Å². The van der Waals surface area contributed by atoms with Crippen molar-refractivity contribution in [3.63, 3.8) is 0 Å². The zero-order valence-corrected chi connectivity index (χ0v) is 13.6. The van der Waals surface area contributed by atoms with E-state index in [-0.39, 0.29) is 5.54 Å². The van der Waals surface area contributed by atoms with Crippen LogP contribution in [0.25, 0.3) is 0 Å². The van der Waals surface area contributed by atoms with Gasteiger partial charge in [-0.25, -0.2) is 0 Å². The third kappa shape index (κ3) is 3.24. The lowest BCUT2D eigenvalue weighted by atomic mass is 9.84. The van der Waals surface area contributed by atoms with Gasteiger partial charge in [-0.1, -0.05) is 38.8 Å². The molecule has 0 aromatic heterocycles. The molecule has 0 saturated heterocycles. The second-order valence-electron chi connectivity index (χ2n) is 5.89. The van der Waals surface area contributed by atoms with E-state index in [9.17, 15) is 5.11 Å². The molecule has 1 fully saturated rings. The van der Waals surface area contributed by atoms with E-state index in [1.165, 1.54) is 12.8 Å². The Morgan fingerprint density at radius 3 is 2.43 bits per heavy atom. The molecule has 1 unspecified atom stereocenters. The van der Waals surface area contributed by atoms with Gasteiger partial charge in [0.1, 0.15) is 5.75 Å². The van der Waals surface area contributed by atoms with Crippen molar-refractivity contribution in [2.75, 3.05) is 19.7 Å². The molecule has 1 aromatic rings. The number of nitrogens with zero attached hydrogens (tertiary/aromatic N) is 1. The summed E-state index contributed by atoms with van der Waals surface area (Å²) in [5.41, 5.74) is 0.878. The van der Waals surface area contributed by atoms with Crippen molar-refractivity contribution in [3.8, 4) is 5.75 Å². The number of hydrogen-bond donors (Lipinski definition) is 1. The van der Waals surface area contributed by atoms with Crippen molar-refractivity contribution >= 4 is 0 Å². The Morgan fingerprint density at radius 2 is 1.86 bits per heavy atom. The lowest BCUT2D eigenvalue weighted by Gasteiger charge is -2.44. The van der Waals surface area contributed by atoms with Gasteiger partial charge in [-0.2, -0.15) is 0 Å². The standard InChI is InChI=1S/C18H29NO2/c1-4-19(5-2)18(12-7-8-13-18)17(20)15-10-9-11-16(14-15)21-6-3/h9-11,14,17,20H,4-8,12-13H2,1-3H3. The largest absolute Gasteiger partial charge is 0.494 e. The van der Waals surface area contributed by atoms with Gasteiger partial charge < -0.3 is 9.84 Å². The van der Waals surface area contributed by atoms with Gasteiger partial charge in [-0.3, -0.25) is 4.90 Å². The Bertz CT molecular complexity index is 437. The number of hydrogen-bond acceptors (Lipinski definition) is 3. The predicted octanol–water partition coefficient (Wildman–Crippen LogP) is 3.77. The highest BCUT2D eigenvalue weighted by molar-refractivity contribution is 5.32. The van der Waals surface area contributed by atoms with Crippen LogP contribution in [-0.2, 0) is 0 Å². The molecular formula is C18H29NO2. The molecule has 1 aliphatic carbocycles. The monoisotopic (exact) mass is 291 g/mol. The second-order valence-corrected chi connectivity index (χ2v) is 5.89. The fourth-order valence-corrected chi connectivity index (χ4v) is 3.85. The smallest absolute Gasteiger partial charge is 0.119 e. The van der Waals surface area contributed by atoms with Crippen molar-refractivity contribution < 1.29 is 9.84 Å². The minimum Gasteiger partial charge on any atom is -0.494 e. The lowest BCUT2D eigenvalue weighted by molar-refractivity contribution is -0.0269. The van der Waals surface area contributed by atoms with Gasteiger partial charge in [0.2, 0.25) is 0 Å². The van der Waals surface area contributed by atoms with Gasteiger partial charge in [-0.05, 0) is 50.6 Å². The highest BCUT2D eigenvalue weighted by Crippen LogP contribution is 2.44. The summed E-state index contributed by atoms with van der Waals surface area (Å²) in [5, 5.41) is 11.1. The van der Waals surface area contributed by atoms with E-state index >= 15 is 0 Å². The van der Waals surface area contributed by atoms with Crippen molar-refractivity contribution in [1.29, 1.82) is 0 Å². The van der Waals surface area contributed by atoms with E-state index in [0.717, 1.165) is 37.2 Å². The zero-order chi connectivity index (χ0) is 15.3. The van der Waals surface area contributed by atoms with Crippen molar-refractivity contribution in [2.45, 2.75) is 58.1 Å². The number of rotatable bonds is 7. The SMILES string of the molecule is CCOc1cccc(C(O)C2(N(CC)CC)CCCC2)c1. The first-order chi connectivity index (χ1) is 10.2.